The molecular weight excluding hydrogens is 364 g/mol. The standard InChI is InChI=1S/C21H27BrO2/c1-4-18(5-2)21(24-20-13-9-12-19(22)14-20)16(3)23-15-17-10-7-6-8-11-17/h6-14,16,18,21H,4-5,15H2,1-3H3/t16-,21-/m0/s1. The van der Waals surface area contributed by atoms with Crippen LogP contribution in [-0.2, 0) is 11.3 Å². The molecule has 2 nitrogen and oxygen atoms in total. The lowest BCUT2D eigenvalue weighted by Crippen LogP contribution is -2.38. The molecule has 130 valence electrons. The Morgan fingerprint density at radius 2 is 1.67 bits per heavy atom. The number of hydrogen-bond donors (Lipinski definition) is 0. The summed E-state index contributed by atoms with van der Waals surface area (Å²) in [4.78, 5) is 0. The van der Waals surface area contributed by atoms with Crippen LogP contribution in [0.15, 0.2) is 59.1 Å². The lowest BCUT2D eigenvalue weighted by atomic mass is 9.93. The zero-order valence-electron chi connectivity index (χ0n) is 14.7. The molecule has 0 aromatic heterocycles. The van der Waals surface area contributed by atoms with Crippen molar-refractivity contribution in [2.75, 3.05) is 0 Å². The van der Waals surface area contributed by atoms with Crippen LogP contribution in [0.1, 0.15) is 39.2 Å². The summed E-state index contributed by atoms with van der Waals surface area (Å²) in [6.07, 6.45) is 2.22. The third-order valence-electron chi connectivity index (χ3n) is 4.40. The summed E-state index contributed by atoms with van der Waals surface area (Å²) in [6.45, 7) is 7.16. The molecule has 0 radical (unpaired) electrons. The highest BCUT2D eigenvalue weighted by atomic mass is 79.9. The first-order chi connectivity index (χ1) is 11.6. The van der Waals surface area contributed by atoms with Gasteiger partial charge in [-0.05, 0) is 49.4 Å². The normalized spacial score (nSPS) is 13.7. The maximum absolute atomic E-state index is 6.33. The van der Waals surface area contributed by atoms with E-state index in [0.717, 1.165) is 23.1 Å². The predicted octanol–water partition coefficient (Wildman–Crippen LogP) is 6.24. The van der Waals surface area contributed by atoms with E-state index in [2.05, 4.69) is 48.8 Å². The lowest BCUT2D eigenvalue weighted by Gasteiger charge is -2.31. The van der Waals surface area contributed by atoms with Crippen LogP contribution < -0.4 is 4.74 Å². The molecule has 0 aliphatic rings. The number of rotatable bonds is 9. The minimum Gasteiger partial charge on any atom is -0.487 e. The van der Waals surface area contributed by atoms with E-state index in [4.69, 9.17) is 9.47 Å². The van der Waals surface area contributed by atoms with Crippen molar-refractivity contribution in [2.24, 2.45) is 5.92 Å². The van der Waals surface area contributed by atoms with Crippen LogP contribution in [0, 0.1) is 5.92 Å². The highest BCUT2D eigenvalue weighted by Crippen LogP contribution is 2.26. The fourth-order valence-electron chi connectivity index (χ4n) is 2.92. The molecule has 0 aliphatic heterocycles. The Labute approximate surface area is 154 Å². The smallest absolute Gasteiger partial charge is 0.127 e. The van der Waals surface area contributed by atoms with E-state index in [1.54, 1.807) is 0 Å². The van der Waals surface area contributed by atoms with Gasteiger partial charge in [-0.2, -0.15) is 0 Å². The van der Waals surface area contributed by atoms with E-state index in [1.807, 2.05) is 42.5 Å². The number of ether oxygens (including phenoxy) is 2. The van der Waals surface area contributed by atoms with Gasteiger partial charge in [0.25, 0.3) is 0 Å². The van der Waals surface area contributed by atoms with Gasteiger partial charge in [-0.1, -0.05) is 66.2 Å². The topological polar surface area (TPSA) is 18.5 Å². The van der Waals surface area contributed by atoms with E-state index >= 15 is 0 Å². The van der Waals surface area contributed by atoms with Crippen molar-refractivity contribution in [1.29, 1.82) is 0 Å². The maximum atomic E-state index is 6.33. The number of halogens is 1. The van der Waals surface area contributed by atoms with Crippen LogP contribution in [0.2, 0.25) is 0 Å². The minimum atomic E-state index is 0.0223. The van der Waals surface area contributed by atoms with Gasteiger partial charge in [0, 0.05) is 4.47 Å². The van der Waals surface area contributed by atoms with Crippen LogP contribution >= 0.6 is 15.9 Å². The van der Waals surface area contributed by atoms with Gasteiger partial charge in [0.2, 0.25) is 0 Å². The van der Waals surface area contributed by atoms with Gasteiger partial charge in [0.15, 0.2) is 0 Å². The van der Waals surface area contributed by atoms with E-state index in [0.29, 0.717) is 12.5 Å². The molecule has 0 aliphatic carbocycles. The maximum Gasteiger partial charge on any atom is 0.127 e. The van der Waals surface area contributed by atoms with Crippen molar-refractivity contribution in [1.82, 2.24) is 0 Å². The molecule has 0 saturated carbocycles. The third kappa shape index (κ3) is 5.64. The molecule has 0 bridgehead atoms. The van der Waals surface area contributed by atoms with E-state index in [-0.39, 0.29) is 12.2 Å². The third-order valence-corrected chi connectivity index (χ3v) is 4.89. The summed E-state index contributed by atoms with van der Waals surface area (Å²) < 4.78 is 13.5. The first-order valence-electron chi connectivity index (χ1n) is 8.71. The van der Waals surface area contributed by atoms with Crippen molar-refractivity contribution in [3.8, 4) is 5.75 Å². The summed E-state index contributed by atoms with van der Waals surface area (Å²) in [5.41, 5.74) is 1.19. The quantitative estimate of drug-likeness (QED) is 0.504. The van der Waals surface area contributed by atoms with Gasteiger partial charge in [-0.25, -0.2) is 0 Å². The van der Waals surface area contributed by atoms with Gasteiger partial charge in [-0.15, -0.1) is 0 Å². The molecule has 0 amide bonds. The average Bonchev–Trinajstić information content (AvgIpc) is 2.61. The first kappa shape index (κ1) is 19.0. The van der Waals surface area contributed by atoms with E-state index < -0.39 is 0 Å². The molecule has 2 aromatic rings. The molecule has 0 spiro atoms. The molecule has 2 aromatic carbocycles. The van der Waals surface area contributed by atoms with Crippen LogP contribution in [0.3, 0.4) is 0 Å². The Hall–Kier alpha value is -1.32. The molecule has 2 atom stereocenters. The zero-order valence-corrected chi connectivity index (χ0v) is 16.3. The zero-order chi connectivity index (χ0) is 17.4. The highest BCUT2D eigenvalue weighted by Gasteiger charge is 2.27. The summed E-state index contributed by atoms with van der Waals surface area (Å²) in [7, 11) is 0. The Balaban J connectivity index is 2.06. The second kappa shape index (κ2) is 9.85. The summed E-state index contributed by atoms with van der Waals surface area (Å²) in [6, 6.07) is 18.3. The number of benzene rings is 2. The number of hydrogen-bond acceptors (Lipinski definition) is 2. The van der Waals surface area contributed by atoms with Crippen molar-refractivity contribution in [3.05, 3.63) is 64.6 Å². The first-order valence-corrected chi connectivity index (χ1v) is 9.51. The molecule has 0 N–H and O–H groups in total. The van der Waals surface area contributed by atoms with Crippen molar-refractivity contribution in [3.63, 3.8) is 0 Å². The van der Waals surface area contributed by atoms with E-state index in [9.17, 15) is 0 Å². The second-order valence-electron chi connectivity index (χ2n) is 6.12. The van der Waals surface area contributed by atoms with Crippen LogP contribution in [0.4, 0.5) is 0 Å². The molecular formula is C21H27BrO2. The Kier molecular flexibility index (Phi) is 7.80. The Bertz CT molecular complexity index is 596. The lowest BCUT2D eigenvalue weighted by molar-refractivity contribution is -0.0486. The minimum absolute atomic E-state index is 0.0223. The molecule has 3 heteroatoms. The fourth-order valence-corrected chi connectivity index (χ4v) is 3.30. The fraction of sp³-hybridized carbons (Fsp3) is 0.429. The highest BCUT2D eigenvalue weighted by molar-refractivity contribution is 9.10. The Morgan fingerprint density at radius 1 is 0.958 bits per heavy atom. The van der Waals surface area contributed by atoms with Gasteiger partial charge in [0.05, 0.1) is 12.7 Å². The molecule has 0 unspecified atom stereocenters. The van der Waals surface area contributed by atoms with Crippen molar-refractivity contribution >= 4 is 15.9 Å². The predicted molar refractivity (Wildman–Crippen MR) is 103 cm³/mol. The Morgan fingerprint density at radius 3 is 2.29 bits per heavy atom. The largest absolute Gasteiger partial charge is 0.487 e. The average molecular weight is 391 g/mol. The van der Waals surface area contributed by atoms with Crippen LogP contribution in [0.5, 0.6) is 5.75 Å². The van der Waals surface area contributed by atoms with Gasteiger partial charge in [-0.3, -0.25) is 0 Å². The van der Waals surface area contributed by atoms with Crippen molar-refractivity contribution in [2.45, 2.75) is 52.4 Å². The molecule has 2 rings (SSSR count). The van der Waals surface area contributed by atoms with Gasteiger partial charge in [0.1, 0.15) is 11.9 Å². The van der Waals surface area contributed by atoms with Crippen molar-refractivity contribution < 1.29 is 9.47 Å². The van der Waals surface area contributed by atoms with Gasteiger partial charge < -0.3 is 9.47 Å². The second-order valence-corrected chi connectivity index (χ2v) is 7.03. The summed E-state index contributed by atoms with van der Waals surface area (Å²) in [5.74, 6) is 1.35. The SMILES string of the molecule is CCC(CC)[C@@H](Oc1cccc(Br)c1)[C@H](C)OCc1ccccc1. The molecule has 0 fully saturated rings. The summed E-state index contributed by atoms with van der Waals surface area (Å²) >= 11 is 3.51. The monoisotopic (exact) mass is 390 g/mol. The van der Waals surface area contributed by atoms with Crippen LogP contribution in [-0.4, -0.2) is 12.2 Å². The molecule has 0 saturated heterocycles. The van der Waals surface area contributed by atoms with Gasteiger partial charge >= 0.3 is 0 Å². The molecule has 0 heterocycles. The summed E-state index contributed by atoms with van der Waals surface area (Å²) in [5, 5.41) is 0. The molecule has 24 heavy (non-hydrogen) atoms. The van der Waals surface area contributed by atoms with Crippen LogP contribution in [0.25, 0.3) is 0 Å². The van der Waals surface area contributed by atoms with E-state index in [1.165, 1.54) is 5.56 Å².